The molecule has 1 fully saturated rings. The number of nitriles is 1. The monoisotopic (exact) mass is 616 g/mol. The Labute approximate surface area is 243 Å². The summed E-state index contributed by atoms with van der Waals surface area (Å²) >= 11 is 0. The zero-order chi connectivity index (χ0) is 30.9. The highest BCUT2D eigenvalue weighted by molar-refractivity contribution is 7.89. The van der Waals surface area contributed by atoms with Gasteiger partial charge in [-0.1, -0.05) is 0 Å². The van der Waals surface area contributed by atoms with Crippen LogP contribution in [0.25, 0.3) is 0 Å². The molecule has 0 N–H and O–H groups in total. The molecule has 0 saturated carbocycles. The van der Waals surface area contributed by atoms with E-state index in [0.29, 0.717) is 69.9 Å². The number of piperazine rings is 1. The number of alkyl halides is 3. The van der Waals surface area contributed by atoms with E-state index >= 15 is 0 Å². The van der Waals surface area contributed by atoms with Crippen LogP contribution in [0.4, 0.5) is 18.9 Å². The van der Waals surface area contributed by atoms with Gasteiger partial charge in [0.25, 0.3) is 11.8 Å². The molecule has 11 nitrogen and oxygen atoms in total. The minimum Gasteiger partial charge on any atom is -0.382 e. The van der Waals surface area contributed by atoms with E-state index < -0.39 is 39.1 Å². The first-order valence-corrected chi connectivity index (χ1v) is 15.1. The zero-order valence-electron chi connectivity index (χ0n) is 23.6. The van der Waals surface area contributed by atoms with Gasteiger partial charge in [0.2, 0.25) is 10.0 Å². The Morgan fingerprint density at radius 2 is 1.62 bits per heavy atom. The van der Waals surface area contributed by atoms with Crippen molar-refractivity contribution >= 4 is 27.5 Å². The maximum atomic E-state index is 13.4. The summed E-state index contributed by atoms with van der Waals surface area (Å²) in [6.45, 7) is 5.26. The van der Waals surface area contributed by atoms with E-state index in [2.05, 4.69) is 4.90 Å². The number of amides is 2. The number of anilines is 1. The number of nitrogens with zero attached hydrogens (tertiary/aromatic N) is 4. The van der Waals surface area contributed by atoms with E-state index in [1.807, 2.05) is 0 Å². The second-order valence-corrected chi connectivity index (χ2v) is 11.9. The average molecular weight is 617 g/mol. The molecule has 2 aliphatic rings. The standard InChI is InChI=1S/C27H35F3N4O7S/c1-20-23(26(36)34(25(20)35)22-6-5-21(19-31)24(18-22)27(28,29)30)4-3-7-32-8-10-33(11-9-32)42(37,38)17-16-41-15-14-40-13-12-39-2/h5-6,18H,3-4,7-17H2,1-2H3. The molecular weight excluding hydrogens is 581 g/mol. The molecule has 0 radical (unpaired) electrons. The fraction of sp³-hybridized carbons (Fsp3) is 0.593. The molecule has 0 spiro atoms. The van der Waals surface area contributed by atoms with Crippen LogP contribution in [0, 0.1) is 11.3 Å². The Hall–Kier alpha value is -2.87. The van der Waals surface area contributed by atoms with Crippen LogP contribution in [0.3, 0.4) is 0 Å². The summed E-state index contributed by atoms with van der Waals surface area (Å²) in [6, 6.07) is 4.21. The number of hydrogen-bond acceptors (Lipinski definition) is 9. The van der Waals surface area contributed by atoms with Crippen molar-refractivity contribution in [3.8, 4) is 6.07 Å². The summed E-state index contributed by atoms with van der Waals surface area (Å²) < 4.78 is 82.4. The van der Waals surface area contributed by atoms with Gasteiger partial charge in [0, 0.05) is 44.4 Å². The maximum absolute atomic E-state index is 13.4. The van der Waals surface area contributed by atoms with Crippen LogP contribution in [0.2, 0.25) is 0 Å². The SMILES string of the molecule is COCCOCCOCCS(=O)(=O)N1CCN(CCCC2=C(C)C(=O)N(c3ccc(C#N)c(C(F)(F)F)c3)C2=O)CC1. The summed E-state index contributed by atoms with van der Waals surface area (Å²) in [5.74, 6) is -1.52. The summed E-state index contributed by atoms with van der Waals surface area (Å²) in [5, 5.41) is 9.01. The third-order valence-corrected chi connectivity index (χ3v) is 8.87. The minimum absolute atomic E-state index is 0.0639. The highest BCUT2D eigenvalue weighted by Crippen LogP contribution is 2.36. The molecule has 1 aromatic rings. The van der Waals surface area contributed by atoms with Crippen molar-refractivity contribution in [1.82, 2.24) is 9.21 Å². The predicted octanol–water partition coefficient (Wildman–Crippen LogP) is 2.17. The smallest absolute Gasteiger partial charge is 0.382 e. The first-order valence-electron chi connectivity index (χ1n) is 13.4. The number of halogens is 3. The van der Waals surface area contributed by atoms with Gasteiger partial charge < -0.3 is 19.1 Å². The van der Waals surface area contributed by atoms with E-state index in [1.54, 1.807) is 7.11 Å². The first-order chi connectivity index (χ1) is 19.9. The molecule has 232 valence electrons. The van der Waals surface area contributed by atoms with Crippen molar-refractivity contribution in [2.45, 2.75) is 25.9 Å². The van der Waals surface area contributed by atoms with Crippen LogP contribution in [0.15, 0.2) is 29.3 Å². The van der Waals surface area contributed by atoms with Gasteiger partial charge >= 0.3 is 6.18 Å². The van der Waals surface area contributed by atoms with Crippen molar-refractivity contribution in [2.24, 2.45) is 0 Å². The number of ether oxygens (including phenoxy) is 3. The largest absolute Gasteiger partial charge is 0.417 e. The van der Waals surface area contributed by atoms with Crippen LogP contribution in [0.1, 0.15) is 30.9 Å². The molecule has 3 rings (SSSR count). The molecule has 15 heteroatoms. The van der Waals surface area contributed by atoms with Gasteiger partial charge in [0.15, 0.2) is 0 Å². The predicted molar refractivity (Wildman–Crippen MR) is 146 cm³/mol. The second-order valence-electron chi connectivity index (χ2n) is 9.77. The average Bonchev–Trinajstić information content (AvgIpc) is 3.16. The Bertz CT molecular complexity index is 1300. The van der Waals surface area contributed by atoms with Gasteiger partial charge in [-0.15, -0.1) is 0 Å². The highest BCUT2D eigenvalue weighted by atomic mass is 32.2. The lowest BCUT2D eigenvalue weighted by Gasteiger charge is -2.34. The number of carbonyl (C=O) groups excluding carboxylic acids is 2. The van der Waals surface area contributed by atoms with E-state index in [0.717, 1.165) is 12.1 Å². The lowest BCUT2D eigenvalue weighted by atomic mass is 10.1. The third kappa shape index (κ3) is 8.59. The number of imide groups is 1. The minimum atomic E-state index is -4.82. The lowest BCUT2D eigenvalue weighted by molar-refractivity contribution is -0.138. The Morgan fingerprint density at radius 1 is 0.976 bits per heavy atom. The number of methoxy groups -OCH3 is 1. The quantitative estimate of drug-likeness (QED) is 0.215. The van der Waals surface area contributed by atoms with Crippen molar-refractivity contribution in [3.05, 3.63) is 40.5 Å². The van der Waals surface area contributed by atoms with Gasteiger partial charge in [-0.3, -0.25) is 9.59 Å². The molecule has 0 unspecified atom stereocenters. The normalized spacial score (nSPS) is 17.4. The maximum Gasteiger partial charge on any atom is 0.417 e. The molecule has 2 amide bonds. The second kappa shape index (κ2) is 15.0. The Morgan fingerprint density at radius 3 is 2.24 bits per heavy atom. The summed E-state index contributed by atoms with van der Waals surface area (Å²) in [5.41, 5.74) is -1.67. The Kier molecular flexibility index (Phi) is 12.0. The number of carbonyl (C=O) groups is 2. The van der Waals surface area contributed by atoms with E-state index in [1.165, 1.54) is 17.3 Å². The highest BCUT2D eigenvalue weighted by Gasteiger charge is 2.39. The molecule has 1 saturated heterocycles. The van der Waals surface area contributed by atoms with Crippen molar-refractivity contribution in [3.63, 3.8) is 0 Å². The molecule has 0 aliphatic carbocycles. The summed E-state index contributed by atoms with van der Waals surface area (Å²) in [6.07, 6.45) is -4.09. The molecular formula is C27H35F3N4O7S. The summed E-state index contributed by atoms with van der Waals surface area (Å²) in [4.78, 5) is 28.6. The van der Waals surface area contributed by atoms with Crippen molar-refractivity contribution in [1.29, 1.82) is 5.26 Å². The summed E-state index contributed by atoms with van der Waals surface area (Å²) in [7, 11) is -1.90. The van der Waals surface area contributed by atoms with Crippen LogP contribution in [-0.2, 0) is 40.0 Å². The first kappa shape index (κ1) is 33.6. The number of benzene rings is 1. The van der Waals surface area contributed by atoms with Crippen molar-refractivity contribution in [2.75, 3.05) is 83.5 Å². The molecule has 0 atom stereocenters. The number of hydrogen-bond donors (Lipinski definition) is 0. The van der Waals surface area contributed by atoms with E-state index in [4.69, 9.17) is 19.5 Å². The van der Waals surface area contributed by atoms with Gasteiger partial charge in [-0.2, -0.15) is 22.7 Å². The van der Waals surface area contributed by atoms with Gasteiger partial charge in [-0.05, 0) is 44.5 Å². The molecule has 42 heavy (non-hydrogen) atoms. The topological polar surface area (TPSA) is 129 Å². The molecule has 1 aromatic carbocycles. The Balaban J connectivity index is 1.45. The van der Waals surface area contributed by atoms with Gasteiger partial charge in [-0.25, -0.2) is 13.3 Å². The third-order valence-electron chi connectivity index (χ3n) is 7.04. The van der Waals surface area contributed by atoms with Crippen molar-refractivity contribution < 1.29 is 45.4 Å². The van der Waals surface area contributed by atoms with Gasteiger partial charge in [0.1, 0.15) is 0 Å². The lowest BCUT2D eigenvalue weighted by Crippen LogP contribution is -2.49. The van der Waals surface area contributed by atoms with Gasteiger partial charge in [0.05, 0.1) is 61.7 Å². The number of sulfonamides is 1. The molecule has 2 aliphatic heterocycles. The van der Waals surface area contributed by atoms with Crippen LogP contribution >= 0.6 is 0 Å². The van der Waals surface area contributed by atoms with Crippen LogP contribution in [-0.4, -0.2) is 108 Å². The zero-order valence-corrected chi connectivity index (χ0v) is 24.4. The van der Waals surface area contributed by atoms with E-state index in [9.17, 15) is 31.2 Å². The fourth-order valence-electron chi connectivity index (χ4n) is 4.68. The fourth-order valence-corrected chi connectivity index (χ4v) is 5.99. The number of rotatable bonds is 15. The molecule has 0 aromatic heterocycles. The molecule has 0 bridgehead atoms. The van der Waals surface area contributed by atoms with Crippen LogP contribution in [0.5, 0.6) is 0 Å². The van der Waals surface area contributed by atoms with Crippen LogP contribution < -0.4 is 4.90 Å². The molecule has 2 heterocycles. The van der Waals surface area contributed by atoms with E-state index in [-0.39, 0.29) is 42.2 Å².